The highest BCUT2D eigenvalue weighted by molar-refractivity contribution is 5.26. The third-order valence-corrected chi connectivity index (χ3v) is 2.95. The molecule has 1 unspecified atom stereocenters. The molecule has 1 N–H and O–H groups in total. The van der Waals surface area contributed by atoms with Crippen LogP contribution >= 0.6 is 0 Å². The predicted octanol–water partition coefficient (Wildman–Crippen LogP) is 1.89. The average molecular weight is 191 g/mol. The van der Waals surface area contributed by atoms with Crippen molar-refractivity contribution >= 4 is 0 Å². The lowest BCUT2D eigenvalue weighted by Crippen LogP contribution is -2.14. The van der Waals surface area contributed by atoms with Gasteiger partial charge in [0.2, 0.25) is 0 Å². The normalized spacial score (nSPS) is 22.8. The topological polar surface area (TPSA) is 23.5 Å². The van der Waals surface area contributed by atoms with E-state index in [0.717, 1.165) is 12.3 Å². The molecule has 2 nitrogen and oxygen atoms in total. The first-order valence-electron chi connectivity index (χ1n) is 5.20. The number of nitrogens with zero attached hydrogens (tertiary/aromatic N) is 1. The van der Waals surface area contributed by atoms with E-state index >= 15 is 0 Å². The van der Waals surface area contributed by atoms with E-state index in [-0.39, 0.29) is 0 Å². The zero-order chi connectivity index (χ0) is 9.97. The Morgan fingerprint density at radius 1 is 1.36 bits per heavy atom. The lowest BCUT2D eigenvalue weighted by Gasteiger charge is -2.10. The van der Waals surface area contributed by atoms with Gasteiger partial charge in [-0.2, -0.15) is 0 Å². The van der Waals surface area contributed by atoms with Crippen molar-refractivity contribution in [3.63, 3.8) is 0 Å². The van der Waals surface area contributed by atoms with E-state index in [9.17, 15) is 0 Å². The van der Waals surface area contributed by atoms with E-state index in [1.807, 2.05) is 12.1 Å². The van der Waals surface area contributed by atoms with Crippen LogP contribution in [0.2, 0.25) is 0 Å². The summed E-state index contributed by atoms with van der Waals surface area (Å²) in [5, 5.41) is 9.15. The minimum absolute atomic E-state index is 0.359. The Kier molecular flexibility index (Phi) is 2.73. The molecule has 1 aliphatic heterocycles. The zero-order valence-electron chi connectivity index (χ0n) is 8.61. The molecule has 1 heterocycles. The Balaban J connectivity index is 1.94. The van der Waals surface area contributed by atoms with Crippen LogP contribution in [0.3, 0.4) is 0 Å². The number of phenols is 1. The molecule has 2 heteroatoms. The van der Waals surface area contributed by atoms with Crippen molar-refractivity contribution in [1.29, 1.82) is 0 Å². The van der Waals surface area contributed by atoms with Crippen molar-refractivity contribution in [2.24, 2.45) is 5.92 Å². The first kappa shape index (κ1) is 9.53. The summed E-state index contributed by atoms with van der Waals surface area (Å²) >= 11 is 0. The van der Waals surface area contributed by atoms with Crippen LogP contribution in [-0.2, 0) is 6.42 Å². The van der Waals surface area contributed by atoms with Gasteiger partial charge in [0.05, 0.1) is 0 Å². The van der Waals surface area contributed by atoms with Crippen LogP contribution in [0.1, 0.15) is 12.0 Å². The smallest absolute Gasteiger partial charge is 0.115 e. The van der Waals surface area contributed by atoms with Gasteiger partial charge in [0.25, 0.3) is 0 Å². The molecule has 0 spiro atoms. The Morgan fingerprint density at radius 2 is 2.07 bits per heavy atom. The van der Waals surface area contributed by atoms with Crippen molar-refractivity contribution in [3.05, 3.63) is 29.8 Å². The molecule has 1 aliphatic rings. The summed E-state index contributed by atoms with van der Waals surface area (Å²) in [6.45, 7) is 2.43. The summed E-state index contributed by atoms with van der Waals surface area (Å²) in [5.74, 6) is 1.15. The number of hydrogen-bond acceptors (Lipinski definition) is 2. The molecule has 0 aromatic heterocycles. The van der Waals surface area contributed by atoms with Gasteiger partial charge in [0.1, 0.15) is 5.75 Å². The number of phenolic OH excluding ortho intramolecular Hbond substituents is 1. The molecule has 0 amide bonds. The second-order valence-corrected chi connectivity index (χ2v) is 4.29. The predicted molar refractivity (Wildman–Crippen MR) is 57.4 cm³/mol. The van der Waals surface area contributed by atoms with Crippen LogP contribution in [-0.4, -0.2) is 30.1 Å². The molecule has 1 atom stereocenters. The molecular formula is C12H17NO. The maximum atomic E-state index is 9.15. The van der Waals surface area contributed by atoms with E-state index in [0.29, 0.717) is 5.75 Å². The highest BCUT2D eigenvalue weighted by Gasteiger charge is 2.19. The number of benzene rings is 1. The Bertz CT molecular complexity index is 294. The van der Waals surface area contributed by atoms with E-state index in [1.165, 1.54) is 25.1 Å². The number of aromatic hydroxyl groups is 1. The lowest BCUT2D eigenvalue weighted by atomic mass is 9.99. The van der Waals surface area contributed by atoms with Gasteiger partial charge < -0.3 is 10.0 Å². The van der Waals surface area contributed by atoms with Gasteiger partial charge in [-0.3, -0.25) is 0 Å². The number of rotatable bonds is 2. The minimum Gasteiger partial charge on any atom is -0.508 e. The molecule has 0 radical (unpaired) electrons. The van der Waals surface area contributed by atoms with E-state index in [2.05, 4.69) is 11.9 Å². The SMILES string of the molecule is CN1CCC(Cc2ccc(O)cc2)C1. The molecule has 1 saturated heterocycles. The third kappa shape index (κ3) is 2.26. The fourth-order valence-electron chi connectivity index (χ4n) is 2.16. The van der Waals surface area contributed by atoms with Crippen LogP contribution in [0.4, 0.5) is 0 Å². The fraction of sp³-hybridized carbons (Fsp3) is 0.500. The standard InChI is InChI=1S/C12H17NO/c1-13-7-6-11(9-13)8-10-2-4-12(14)5-3-10/h2-5,11,14H,6-9H2,1H3. The fourth-order valence-corrected chi connectivity index (χ4v) is 2.16. The molecule has 1 aromatic carbocycles. The molecule has 2 rings (SSSR count). The van der Waals surface area contributed by atoms with E-state index in [4.69, 9.17) is 5.11 Å². The molecule has 14 heavy (non-hydrogen) atoms. The molecule has 0 bridgehead atoms. The van der Waals surface area contributed by atoms with Crippen LogP contribution in [0.25, 0.3) is 0 Å². The summed E-state index contributed by atoms with van der Waals surface area (Å²) in [4.78, 5) is 2.38. The Labute approximate surface area is 85.2 Å². The Hall–Kier alpha value is -1.02. The molecular weight excluding hydrogens is 174 g/mol. The van der Waals surface area contributed by atoms with Crippen molar-refractivity contribution in [3.8, 4) is 5.75 Å². The van der Waals surface area contributed by atoms with Gasteiger partial charge in [0, 0.05) is 6.54 Å². The largest absolute Gasteiger partial charge is 0.508 e. The summed E-state index contributed by atoms with van der Waals surface area (Å²) in [7, 11) is 2.18. The summed E-state index contributed by atoms with van der Waals surface area (Å²) < 4.78 is 0. The molecule has 0 aliphatic carbocycles. The number of hydrogen-bond donors (Lipinski definition) is 1. The maximum Gasteiger partial charge on any atom is 0.115 e. The monoisotopic (exact) mass is 191 g/mol. The average Bonchev–Trinajstić information content (AvgIpc) is 2.56. The second-order valence-electron chi connectivity index (χ2n) is 4.29. The second kappa shape index (κ2) is 4.01. The van der Waals surface area contributed by atoms with E-state index in [1.54, 1.807) is 12.1 Å². The van der Waals surface area contributed by atoms with Crippen molar-refractivity contribution < 1.29 is 5.11 Å². The highest BCUT2D eigenvalue weighted by atomic mass is 16.3. The highest BCUT2D eigenvalue weighted by Crippen LogP contribution is 2.20. The molecule has 76 valence electrons. The third-order valence-electron chi connectivity index (χ3n) is 2.95. The van der Waals surface area contributed by atoms with Crippen molar-refractivity contribution in [2.75, 3.05) is 20.1 Å². The van der Waals surface area contributed by atoms with Gasteiger partial charge in [-0.15, -0.1) is 0 Å². The van der Waals surface area contributed by atoms with Crippen molar-refractivity contribution in [2.45, 2.75) is 12.8 Å². The summed E-state index contributed by atoms with van der Waals surface area (Å²) in [5.41, 5.74) is 1.34. The Morgan fingerprint density at radius 3 is 2.64 bits per heavy atom. The lowest BCUT2D eigenvalue weighted by molar-refractivity contribution is 0.394. The van der Waals surface area contributed by atoms with Gasteiger partial charge in [-0.25, -0.2) is 0 Å². The molecule has 0 saturated carbocycles. The summed E-state index contributed by atoms with van der Waals surface area (Å²) in [6.07, 6.45) is 2.45. The van der Waals surface area contributed by atoms with Gasteiger partial charge in [-0.05, 0) is 50.0 Å². The van der Waals surface area contributed by atoms with Crippen molar-refractivity contribution in [1.82, 2.24) is 4.90 Å². The molecule has 1 aromatic rings. The van der Waals surface area contributed by atoms with Crippen LogP contribution in [0, 0.1) is 5.92 Å². The van der Waals surface area contributed by atoms with Gasteiger partial charge in [0.15, 0.2) is 0 Å². The quantitative estimate of drug-likeness (QED) is 0.771. The maximum absolute atomic E-state index is 9.15. The summed E-state index contributed by atoms with van der Waals surface area (Å²) in [6, 6.07) is 7.59. The first-order chi connectivity index (χ1) is 6.74. The minimum atomic E-state index is 0.359. The van der Waals surface area contributed by atoms with Gasteiger partial charge >= 0.3 is 0 Å². The zero-order valence-corrected chi connectivity index (χ0v) is 8.61. The van der Waals surface area contributed by atoms with Gasteiger partial charge in [-0.1, -0.05) is 12.1 Å². The van der Waals surface area contributed by atoms with Crippen LogP contribution in [0.15, 0.2) is 24.3 Å². The van der Waals surface area contributed by atoms with Crippen LogP contribution in [0.5, 0.6) is 5.75 Å². The van der Waals surface area contributed by atoms with E-state index < -0.39 is 0 Å². The molecule has 1 fully saturated rings. The first-order valence-corrected chi connectivity index (χ1v) is 5.20. The van der Waals surface area contributed by atoms with Crippen LogP contribution < -0.4 is 0 Å². The number of likely N-dealkylation sites (tertiary alicyclic amines) is 1.